The third-order valence-corrected chi connectivity index (χ3v) is 2.95. The molecule has 3 heteroatoms. The van der Waals surface area contributed by atoms with E-state index in [1.54, 1.807) is 0 Å². The Kier molecular flexibility index (Phi) is 2.91. The Balaban J connectivity index is 2.25. The van der Waals surface area contributed by atoms with E-state index in [2.05, 4.69) is 47.7 Å². The van der Waals surface area contributed by atoms with E-state index in [1.807, 2.05) is 0 Å². The first kappa shape index (κ1) is 10.4. The molecule has 0 aromatic carbocycles. The van der Waals surface area contributed by atoms with Crippen molar-refractivity contribution < 1.29 is 0 Å². The molecule has 0 spiro atoms. The molecule has 1 aliphatic rings. The molecule has 2 rings (SSSR count). The van der Waals surface area contributed by atoms with Gasteiger partial charge in [0.25, 0.3) is 0 Å². The lowest BCUT2D eigenvalue weighted by atomic mass is 10.1. The molecule has 82 valence electrons. The van der Waals surface area contributed by atoms with Crippen LogP contribution in [0.1, 0.15) is 24.7 Å². The maximum Gasteiger partial charge on any atom is 0.0895 e. The molecule has 0 saturated carbocycles. The van der Waals surface area contributed by atoms with Crippen LogP contribution in [0.2, 0.25) is 0 Å². The molecule has 0 saturated heterocycles. The number of aromatic nitrogens is 2. The summed E-state index contributed by atoms with van der Waals surface area (Å²) in [4.78, 5) is 2.34. The van der Waals surface area contributed by atoms with Crippen molar-refractivity contribution in [2.24, 2.45) is 0 Å². The molecule has 3 nitrogen and oxygen atoms in total. The van der Waals surface area contributed by atoms with Crippen molar-refractivity contribution in [2.75, 3.05) is 20.1 Å². The summed E-state index contributed by atoms with van der Waals surface area (Å²) in [6.45, 7) is 7.39. The lowest BCUT2D eigenvalue weighted by Crippen LogP contribution is -2.25. The Morgan fingerprint density at radius 3 is 2.87 bits per heavy atom. The van der Waals surface area contributed by atoms with Gasteiger partial charge in [0.2, 0.25) is 0 Å². The van der Waals surface area contributed by atoms with E-state index in [0.29, 0.717) is 0 Å². The summed E-state index contributed by atoms with van der Waals surface area (Å²) in [6, 6.07) is 2.19. The molecule has 0 radical (unpaired) electrons. The Morgan fingerprint density at radius 1 is 1.47 bits per heavy atom. The van der Waals surface area contributed by atoms with Crippen LogP contribution in [0.5, 0.6) is 0 Å². The van der Waals surface area contributed by atoms with Crippen LogP contribution < -0.4 is 0 Å². The second-order valence-corrected chi connectivity index (χ2v) is 4.24. The molecule has 0 N–H and O–H groups in total. The van der Waals surface area contributed by atoms with Gasteiger partial charge in [-0.3, -0.25) is 4.68 Å². The van der Waals surface area contributed by atoms with Gasteiger partial charge in [-0.05, 0) is 39.0 Å². The molecule has 15 heavy (non-hydrogen) atoms. The van der Waals surface area contributed by atoms with Crippen LogP contribution in [0.25, 0.3) is 5.57 Å². The zero-order valence-electron chi connectivity index (χ0n) is 9.82. The number of rotatable bonds is 2. The van der Waals surface area contributed by atoms with Crippen molar-refractivity contribution >= 4 is 5.57 Å². The number of aryl methyl sites for hydroxylation is 2. The summed E-state index contributed by atoms with van der Waals surface area (Å²) in [5, 5.41) is 4.61. The molecule has 0 amide bonds. The highest BCUT2D eigenvalue weighted by Crippen LogP contribution is 2.19. The summed E-state index contributed by atoms with van der Waals surface area (Å²) >= 11 is 0. The molecule has 0 fully saturated rings. The van der Waals surface area contributed by atoms with E-state index in [1.165, 1.54) is 11.3 Å². The Bertz CT molecular complexity index is 376. The van der Waals surface area contributed by atoms with Crippen molar-refractivity contribution in [3.05, 3.63) is 23.5 Å². The molecule has 0 aliphatic carbocycles. The van der Waals surface area contributed by atoms with Crippen molar-refractivity contribution in [1.29, 1.82) is 0 Å². The summed E-state index contributed by atoms with van der Waals surface area (Å²) in [6.07, 6.45) is 3.46. The minimum Gasteiger partial charge on any atom is -0.302 e. The quantitative estimate of drug-likeness (QED) is 0.735. The molecule has 2 heterocycles. The van der Waals surface area contributed by atoms with Gasteiger partial charge in [-0.25, -0.2) is 0 Å². The normalized spacial score (nSPS) is 17.9. The average molecular weight is 205 g/mol. The topological polar surface area (TPSA) is 21.1 Å². The second-order valence-electron chi connectivity index (χ2n) is 4.24. The van der Waals surface area contributed by atoms with Gasteiger partial charge in [-0.2, -0.15) is 5.10 Å². The Labute approximate surface area is 91.4 Å². The Hall–Kier alpha value is -1.09. The van der Waals surface area contributed by atoms with Gasteiger partial charge >= 0.3 is 0 Å². The van der Waals surface area contributed by atoms with Gasteiger partial charge in [0.05, 0.1) is 5.69 Å². The molecule has 0 unspecified atom stereocenters. The van der Waals surface area contributed by atoms with Crippen LogP contribution in [-0.4, -0.2) is 34.8 Å². The summed E-state index contributed by atoms with van der Waals surface area (Å²) in [5.74, 6) is 0. The minimum atomic E-state index is 0.953. The smallest absolute Gasteiger partial charge is 0.0895 e. The monoisotopic (exact) mass is 205 g/mol. The maximum atomic E-state index is 4.61. The van der Waals surface area contributed by atoms with Crippen LogP contribution in [0, 0.1) is 6.92 Å². The molecule has 1 aliphatic heterocycles. The van der Waals surface area contributed by atoms with Gasteiger partial charge in [-0.1, -0.05) is 6.08 Å². The van der Waals surface area contributed by atoms with Gasteiger partial charge < -0.3 is 4.90 Å². The molecule has 0 bridgehead atoms. The van der Waals surface area contributed by atoms with E-state index in [-0.39, 0.29) is 0 Å². The van der Waals surface area contributed by atoms with Crippen molar-refractivity contribution in [1.82, 2.24) is 14.7 Å². The first-order chi connectivity index (χ1) is 7.20. The minimum absolute atomic E-state index is 0.953. The highest BCUT2D eigenvalue weighted by molar-refractivity contribution is 5.64. The molecule has 0 atom stereocenters. The van der Waals surface area contributed by atoms with Crippen LogP contribution in [-0.2, 0) is 6.54 Å². The van der Waals surface area contributed by atoms with Gasteiger partial charge in [-0.15, -0.1) is 0 Å². The van der Waals surface area contributed by atoms with Crippen LogP contribution in [0.4, 0.5) is 0 Å². The molecule has 1 aromatic heterocycles. The van der Waals surface area contributed by atoms with Crippen LogP contribution >= 0.6 is 0 Å². The largest absolute Gasteiger partial charge is 0.302 e. The highest BCUT2D eigenvalue weighted by Gasteiger charge is 2.13. The standard InChI is InChI=1S/C12H19N3/c1-4-15-10(2)8-12(13-15)11-6-5-7-14(3)9-11/h6,8H,4-5,7,9H2,1-3H3. The maximum absolute atomic E-state index is 4.61. The fraction of sp³-hybridized carbons (Fsp3) is 0.583. The van der Waals surface area contributed by atoms with Crippen molar-refractivity contribution in [3.63, 3.8) is 0 Å². The van der Waals surface area contributed by atoms with E-state index in [0.717, 1.165) is 31.7 Å². The third kappa shape index (κ3) is 2.12. The van der Waals surface area contributed by atoms with Crippen molar-refractivity contribution in [3.8, 4) is 0 Å². The Morgan fingerprint density at radius 2 is 2.27 bits per heavy atom. The average Bonchev–Trinajstić information content (AvgIpc) is 2.60. The second kappa shape index (κ2) is 4.19. The number of hydrogen-bond donors (Lipinski definition) is 0. The van der Waals surface area contributed by atoms with Gasteiger partial charge in [0, 0.05) is 25.3 Å². The number of nitrogens with zero attached hydrogens (tertiary/aromatic N) is 3. The summed E-state index contributed by atoms with van der Waals surface area (Å²) < 4.78 is 2.06. The lowest BCUT2D eigenvalue weighted by Gasteiger charge is -2.21. The van der Waals surface area contributed by atoms with E-state index < -0.39 is 0 Å². The first-order valence-electron chi connectivity index (χ1n) is 5.63. The zero-order valence-corrected chi connectivity index (χ0v) is 9.82. The van der Waals surface area contributed by atoms with Gasteiger partial charge in [0.15, 0.2) is 0 Å². The fourth-order valence-electron chi connectivity index (χ4n) is 2.07. The zero-order chi connectivity index (χ0) is 10.8. The van der Waals surface area contributed by atoms with Crippen LogP contribution in [0.15, 0.2) is 12.1 Å². The summed E-state index contributed by atoms with van der Waals surface area (Å²) in [5.41, 5.74) is 3.78. The van der Waals surface area contributed by atoms with Crippen molar-refractivity contribution in [2.45, 2.75) is 26.8 Å². The number of likely N-dealkylation sites (N-methyl/N-ethyl adjacent to an activating group) is 1. The SMILES string of the molecule is CCn1nc(C2=CCCN(C)C2)cc1C. The fourth-order valence-corrected chi connectivity index (χ4v) is 2.07. The lowest BCUT2D eigenvalue weighted by molar-refractivity contribution is 0.372. The third-order valence-electron chi connectivity index (χ3n) is 2.95. The summed E-state index contributed by atoms with van der Waals surface area (Å²) in [7, 11) is 2.16. The molecular weight excluding hydrogens is 186 g/mol. The highest BCUT2D eigenvalue weighted by atomic mass is 15.3. The van der Waals surface area contributed by atoms with E-state index >= 15 is 0 Å². The first-order valence-corrected chi connectivity index (χ1v) is 5.63. The predicted octanol–water partition coefficient (Wildman–Crippen LogP) is 1.93. The molecule has 1 aromatic rings. The van der Waals surface area contributed by atoms with E-state index in [4.69, 9.17) is 0 Å². The molecular formula is C12H19N3. The predicted molar refractivity (Wildman–Crippen MR) is 62.7 cm³/mol. The van der Waals surface area contributed by atoms with Crippen LogP contribution in [0.3, 0.4) is 0 Å². The van der Waals surface area contributed by atoms with E-state index in [9.17, 15) is 0 Å². The number of hydrogen-bond acceptors (Lipinski definition) is 2. The van der Waals surface area contributed by atoms with Gasteiger partial charge in [0.1, 0.15) is 0 Å².